The predicted octanol–water partition coefficient (Wildman–Crippen LogP) is 4.03. The van der Waals surface area contributed by atoms with Crippen molar-refractivity contribution in [2.45, 2.75) is 26.1 Å². The Morgan fingerprint density at radius 2 is 1.81 bits per heavy atom. The second-order valence-corrected chi connectivity index (χ2v) is 5.04. The quantitative estimate of drug-likeness (QED) is 0.924. The number of alkyl halides is 3. The van der Waals surface area contributed by atoms with Crippen LogP contribution >= 0.6 is 0 Å². The number of nitrogens with one attached hydrogen (secondary N) is 1. The number of aryl methyl sites for hydroxylation is 2. The molecule has 2 aromatic rings. The molecule has 1 unspecified atom stereocenters. The molecule has 1 aromatic carbocycles. The van der Waals surface area contributed by atoms with Crippen LogP contribution in [0.2, 0.25) is 0 Å². The molecule has 2 rings (SSSR count). The summed E-state index contributed by atoms with van der Waals surface area (Å²) in [4.78, 5) is 3.87. The number of hydrogen-bond donors (Lipinski definition) is 1. The van der Waals surface area contributed by atoms with E-state index in [1.807, 2.05) is 32.0 Å². The van der Waals surface area contributed by atoms with Crippen LogP contribution in [0.15, 0.2) is 36.7 Å². The summed E-state index contributed by atoms with van der Waals surface area (Å²) in [6.45, 7) is 3.81. The Hall–Kier alpha value is -1.88. The topological polar surface area (TPSA) is 24.9 Å². The van der Waals surface area contributed by atoms with Crippen molar-refractivity contribution in [1.29, 1.82) is 0 Å². The first-order valence-electron chi connectivity index (χ1n) is 6.60. The molecule has 0 amide bonds. The lowest BCUT2D eigenvalue weighted by Gasteiger charge is -2.23. The zero-order chi connectivity index (χ0) is 15.6. The van der Waals surface area contributed by atoms with Crippen LogP contribution in [-0.2, 0) is 6.18 Å². The maximum Gasteiger partial charge on any atom is 0.416 e. The van der Waals surface area contributed by atoms with Gasteiger partial charge in [-0.05, 0) is 38.1 Å². The van der Waals surface area contributed by atoms with Crippen LogP contribution in [0.3, 0.4) is 0 Å². The van der Waals surface area contributed by atoms with E-state index in [1.54, 1.807) is 7.05 Å². The van der Waals surface area contributed by atoms with E-state index in [2.05, 4.69) is 10.3 Å². The zero-order valence-electron chi connectivity index (χ0n) is 12.1. The van der Waals surface area contributed by atoms with Gasteiger partial charge in [-0.15, -0.1) is 0 Å². The lowest BCUT2D eigenvalue weighted by Crippen LogP contribution is -2.23. The van der Waals surface area contributed by atoms with Crippen LogP contribution in [0.25, 0.3) is 0 Å². The molecule has 0 spiro atoms. The molecule has 0 aliphatic heterocycles. The van der Waals surface area contributed by atoms with Crippen molar-refractivity contribution in [1.82, 2.24) is 10.3 Å². The number of aromatic nitrogens is 1. The third kappa shape index (κ3) is 3.24. The largest absolute Gasteiger partial charge is 0.416 e. The normalized spacial score (nSPS) is 13.2. The van der Waals surface area contributed by atoms with Gasteiger partial charge in [0, 0.05) is 18.0 Å². The first-order valence-corrected chi connectivity index (χ1v) is 6.60. The SMILES string of the molecule is CNC(c1cc(C)ccc1C)c1cnccc1C(F)(F)F. The van der Waals surface area contributed by atoms with Gasteiger partial charge in [0.25, 0.3) is 0 Å². The minimum atomic E-state index is -4.40. The van der Waals surface area contributed by atoms with Gasteiger partial charge in [-0.25, -0.2) is 0 Å². The Morgan fingerprint density at radius 1 is 1.10 bits per heavy atom. The molecule has 0 saturated heterocycles. The molecule has 5 heteroatoms. The second-order valence-electron chi connectivity index (χ2n) is 5.04. The Labute approximate surface area is 122 Å². The summed E-state index contributed by atoms with van der Waals surface area (Å²) >= 11 is 0. The maximum absolute atomic E-state index is 13.2. The molecule has 112 valence electrons. The molecule has 0 aliphatic carbocycles. The van der Waals surface area contributed by atoms with Crippen LogP contribution in [0.5, 0.6) is 0 Å². The molecule has 0 saturated carbocycles. The van der Waals surface area contributed by atoms with Crippen molar-refractivity contribution in [3.8, 4) is 0 Å². The number of benzene rings is 1. The molecule has 2 nitrogen and oxygen atoms in total. The number of nitrogens with zero attached hydrogens (tertiary/aromatic N) is 1. The van der Waals surface area contributed by atoms with Gasteiger partial charge in [-0.2, -0.15) is 13.2 Å². The molecule has 0 bridgehead atoms. The summed E-state index contributed by atoms with van der Waals surface area (Å²) in [5, 5.41) is 2.98. The summed E-state index contributed by atoms with van der Waals surface area (Å²) in [7, 11) is 1.65. The van der Waals surface area contributed by atoms with E-state index in [1.165, 1.54) is 12.4 Å². The Bertz CT molecular complexity index is 636. The Morgan fingerprint density at radius 3 is 2.43 bits per heavy atom. The minimum absolute atomic E-state index is 0.140. The van der Waals surface area contributed by atoms with Crippen LogP contribution < -0.4 is 5.32 Å². The number of halogens is 3. The molecule has 1 atom stereocenters. The van der Waals surface area contributed by atoms with Gasteiger partial charge in [0.05, 0.1) is 11.6 Å². The lowest BCUT2D eigenvalue weighted by atomic mass is 9.92. The third-order valence-electron chi connectivity index (χ3n) is 3.50. The van der Waals surface area contributed by atoms with Crippen LogP contribution in [0, 0.1) is 13.8 Å². The lowest BCUT2D eigenvalue weighted by molar-refractivity contribution is -0.138. The third-order valence-corrected chi connectivity index (χ3v) is 3.50. The second kappa shape index (κ2) is 5.85. The average molecular weight is 294 g/mol. The fraction of sp³-hybridized carbons (Fsp3) is 0.312. The molecule has 0 aliphatic rings. The fourth-order valence-corrected chi connectivity index (χ4v) is 2.44. The Kier molecular flexibility index (Phi) is 4.32. The first-order chi connectivity index (χ1) is 9.84. The van der Waals surface area contributed by atoms with E-state index in [0.717, 1.165) is 22.8 Å². The van der Waals surface area contributed by atoms with Gasteiger partial charge < -0.3 is 5.32 Å². The van der Waals surface area contributed by atoms with E-state index in [4.69, 9.17) is 0 Å². The fourth-order valence-electron chi connectivity index (χ4n) is 2.44. The van der Waals surface area contributed by atoms with Crippen LogP contribution in [0.1, 0.15) is 33.9 Å². The van der Waals surface area contributed by atoms with E-state index in [9.17, 15) is 13.2 Å². The summed E-state index contributed by atoms with van der Waals surface area (Å²) in [6, 6.07) is 6.24. The highest BCUT2D eigenvalue weighted by Gasteiger charge is 2.35. The van der Waals surface area contributed by atoms with Crippen molar-refractivity contribution >= 4 is 0 Å². The molecule has 0 radical (unpaired) electrons. The Balaban J connectivity index is 2.60. The first kappa shape index (κ1) is 15.5. The molecule has 1 N–H and O–H groups in total. The summed E-state index contributed by atoms with van der Waals surface area (Å²) < 4.78 is 39.6. The van der Waals surface area contributed by atoms with Crippen molar-refractivity contribution < 1.29 is 13.2 Å². The van der Waals surface area contributed by atoms with E-state index >= 15 is 0 Å². The van der Waals surface area contributed by atoms with Gasteiger partial charge in [0.1, 0.15) is 0 Å². The van der Waals surface area contributed by atoms with Gasteiger partial charge in [0.15, 0.2) is 0 Å². The van der Waals surface area contributed by atoms with E-state index < -0.39 is 17.8 Å². The molecule has 0 fully saturated rings. The highest BCUT2D eigenvalue weighted by molar-refractivity contribution is 5.41. The highest BCUT2D eigenvalue weighted by Crippen LogP contribution is 2.36. The van der Waals surface area contributed by atoms with E-state index in [0.29, 0.717) is 0 Å². The minimum Gasteiger partial charge on any atom is -0.309 e. The predicted molar refractivity (Wildman–Crippen MR) is 76.1 cm³/mol. The van der Waals surface area contributed by atoms with Gasteiger partial charge in [-0.3, -0.25) is 4.98 Å². The van der Waals surface area contributed by atoms with Gasteiger partial charge in [0.2, 0.25) is 0 Å². The number of pyridine rings is 1. The summed E-state index contributed by atoms with van der Waals surface area (Å²) in [5.74, 6) is 0. The highest BCUT2D eigenvalue weighted by atomic mass is 19.4. The molecule has 21 heavy (non-hydrogen) atoms. The average Bonchev–Trinajstić information content (AvgIpc) is 2.43. The zero-order valence-corrected chi connectivity index (χ0v) is 12.1. The summed E-state index contributed by atoms with van der Waals surface area (Å²) in [6.07, 6.45) is -1.95. The summed E-state index contributed by atoms with van der Waals surface area (Å²) in [5.41, 5.74) is 2.26. The molecular weight excluding hydrogens is 277 g/mol. The number of rotatable bonds is 3. The molecular formula is C16H17F3N2. The maximum atomic E-state index is 13.2. The van der Waals surface area contributed by atoms with Crippen molar-refractivity contribution in [3.63, 3.8) is 0 Å². The van der Waals surface area contributed by atoms with Crippen LogP contribution in [0.4, 0.5) is 13.2 Å². The van der Waals surface area contributed by atoms with Crippen molar-refractivity contribution in [2.24, 2.45) is 0 Å². The smallest absolute Gasteiger partial charge is 0.309 e. The van der Waals surface area contributed by atoms with Crippen LogP contribution in [-0.4, -0.2) is 12.0 Å². The van der Waals surface area contributed by atoms with Gasteiger partial charge in [-0.1, -0.05) is 23.8 Å². The van der Waals surface area contributed by atoms with Crippen molar-refractivity contribution in [3.05, 3.63) is 64.5 Å². The van der Waals surface area contributed by atoms with Crippen molar-refractivity contribution in [2.75, 3.05) is 7.05 Å². The van der Waals surface area contributed by atoms with Gasteiger partial charge >= 0.3 is 6.18 Å². The molecule has 1 aromatic heterocycles. The number of hydrogen-bond acceptors (Lipinski definition) is 2. The van der Waals surface area contributed by atoms with E-state index in [-0.39, 0.29) is 5.56 Å². The molecule has 1 heterocycles. The standard InChI is InChI=1S/C16H17F3N2/c1-10-4-5-11(2)12(8-10)15(20-3)13-9-21-7-6-14(13)16(17,18)19/h4-9,15,20H,1-3H3. The monoisotopic (exact) mass is 294 g/mol.